The van der Waals surface area contributed by atoms with Crippen molar-refractivity contribution in [1.29, 1.82) is 0 Å². The largest absolute Gasteiger partial charge is 0.450 e. The third kappa shape index (κ3) is 5.39. The lowest BCUT2D eigenvalue weighted by Gasteiger charge is -2.29. The molecular formula is C15H28N2O3. The third-order valence-corrected chi connectivity index (χ3v) is 3.86. The van der Waals surface area contributed by atoms with Crippen LogP contribution in [0.15, 0.2) is 0 Å². The molecule has 0 saturated heterocycles. The van der Waals surface area contributed by atoms with Crippen LogP contribution < -0.4 is 10.6 Å². The summed E-state index contributed by atoms with van der Waals surface area (Å²) >= 11 is 0. The van der Waals surface area contributed by atoms with Crippen molar-refractivity contribution in [3.8, 4) is 0 Å². The predicted molar refractivity (Wildman–Crippen MR) is 78.3 cm³/mol. The Kier molecular flexibility index (Phi) is 6.82. The molecule has 1 fully saturated rings. The van der Waals surface area contributed by atoms with Gasteiger partial charge in [-0.1, -0.05) is 20.8 Å². The van der Waals surface area contributed by atoms with E-state index in [-0.39, 0.29) is 17.9 Å². The van der Waals surface area contributed by atoms with Gasteiger partial charge in [-0.05, 0) is 44.4 Å². The Morgan fingerprint density at radius 3 is 2.30 bits per heavy atom. The first-order valence-corrected chi connectivity index (χ1v) is 7.67. The molecule has 0 radical (unpaired) electrons. The topological polar surface area (TPSA) is 67.4 Å². The van der Waals surface area contributed by atoms with Gasteiger partial charge in [0.2, 0.25) is 5.91 Å². The van der Waals surface area contributed by atoms with Crippen LogP contribution in [0.3, 0.4) is 0 Å². The minimum Gasteiger partial charge on any atom is -0.450 e. The molecule has 0 aliphatic heterocycles. The van der Waals surface area contributed by atoms with E-state index in [1.165, 1.54) is 0 Å². The molecule has 1 rings (SSSR count). The molecule has 116 valence electrons. The van der Waals surface area contributed by atoms with Gasteiger partial charge in [-0.2, -0.15) is 0 Å². The minimum absolute atomic E-state index is 0.0296. The van der Waals surface area contributed by atoms with Crippen LogP contribution >= 0.6 is 0 Å². The molecule has 5 nitrogen and oxygen atoms in total. The van der Waals surface area contributed by atoms with Crippen LogP contribution in [0.25, 0.3) is 0 Å². The smallest absolute Gasteiger partial charge is 0.407 e. The lowest BCUT2D eigenvalue weighted by molar-refractivity contribution is -0.125. The second-order valence-electron chi connectivity index (χ2n) is 6.05. The number of amides is 2. The van der Waals surface area contributed by atoms with Gasteiger partial charge in [-0.15, -0.1) is 0 Å². The van der Waals surface area contributed by atoms with Crippen molar-refractivity contribution < 1.29 is 14.3 Å². The summed E-state index contributed by atoms with van der Waals surface area (Å²) in [5.74, 6) is 0.677. The van der Waals surface area contributed by atoms with E-state index >= 15 is 0 Å². The number of carbonyl (C=O) groups is 2. The lowest BCUT2D eigenvalue weighted by atomic mass is 9.87. The predicted octanol–water partition coefficient (Wildman–Crippen LogP) is 2.45. The average molecular weight is 284 g/mol. The van der Waals surface area contributed by atoms with E-state index in [0.29, 0.717) is 6.61 Å². The van der Waals surface area contributed by atoms with E-state index in [9.17, 15) is 9.59 Å². The Bertz CT molecular complexity index is 323. The number of alkyl carbamates (subject to hydrolysis) is 1. The Hall–Kier alpha value is -1.26. The summed E-state index contributed by atoms with van der Waals surface area (Å²) in [6.45, 7) is 8.13. The zero-order chi connectivity index (χ0) is 15.1. The molecule has 0 bridgehead atoms. The monoisotopic (exact) mass is 284 g/mol. The highest BCUT2D eigenvalue weighted by Crippen LogP contribution is 2.23. The summed E-state index contributed by atoms with van der Waals surface area (Å²) < 4.78 is 4.85. The average Bonchev–Trinajstić information content (AvgIpc) is 2.38. The maximum atomic E-state index is 12.3. The third-order valence-electron chi connectivity index (χ3n) is 3.86. The maximum Gasteiger partial charge on any atom is 0.407 e. The van der Waals surface area contributed by atoms with Gasteiger partial charge >= 0.3 is 6.09 Å². The molecule has 0 unspecified atom stereocenters. The highest BCUT2D eigenvalue weighted by Gasteiger charge is 2.27. The summed E-state index contributed by atoms with van der Waals surface area (Å²) in [5, 5.41) is 5.70. The number of carbonyl (C=O) groups excluding carboxylic acids is 2. The van der Waals surface area contributed by atoms with Crippen LogP contribution in [0.4, 0.5) is 4.79 Å². The fourth-order valence-corrected chi connectivity index (χ4v) is 2.53. The molecule has 5 heteroatoms. The molecule has 1 aliphatic rings. The highest BCUT2D eigenvalue weighted by molar-refractivity contribution is 5.86. The SMILES string of the molecule is CCOC(=O)N[C@@H](C(=O)NC1CCC(C)CC1)C(C)C. The van der Waals surface area contributed by atoms with Crippen LogP contribution in [-0.2, 0) is 9.53 Å². The first kappa shape index (κ1) is 16.8. The van der Waals surface area contributed by atoms with Gasteiger partial charge in [0.15, 0.2) is 0 Å². The van der Waals surface area contributed by atoms with Gasteiger partial charge in [0.25, 0.3) is 0 Å². The number of hydrogen-bond donors (Lipinski definition) is 2. The van der Waals surface area contributed by atoms with Gasteiger partial charge < -0.3 is 15.4 Å². The highest BCUT2D eigenvalue weighted by atomic mass is 16.5. The maximum absolute atomic E-state index is 12.3. The molecule has 0 aromatic carbocycles. The van der Waals surface area contributed by atoms with Crippen molar-refractivity contribution in [1.82, 2.24) is 10.6 Å². The molecule has 1 saturated carbocycles. The Labute approximate surface area is 121 Å². The molecule has 0 heterocycles. The summed E-state index contributed by atoms with van der Waals surface area (Å²) in [6, 6.07) is -0.294. The van der Waals surface area contributed by atoms with Gasteiger partial charge in [0.05, 0.1) is 6.61 Å². The molecule has 0 spiro atoms. The van der Waals surface area contributed by atoms with Gasteiger partial charge in [0.1, 0.15) is 6.04 Å². The number of rotatable bonds is 5. The van der Waals surface area contributed by atoms with E-state index in [1.54, 1.807) is 6.92 Å². The second kappa shape index (κ2) is 8.12. The van der Waals surface area contributed by atoms with Crippen molar-refractivity contribution >= 4 is 12.0 Å². The fraction of sp³-hybridized carbons (Fsp3) is 0.867. The Morgan fingerprint density at radius 2 is 1.80 bits per heavy atom. The first-order chi connectivity index (χ1) is 9.43. The summed E-state index contributed by atoms with van der Waals surface area (Å²) in [4.78, 5) is 23.8. The van der Waals surface area contributed by atoms with Crippen molar-refractivity contribution in [3.63, 3.8) is 0 Å². The van der Waals surface area contributed by atoms with Gasteiger partial charge in [0, 0.05) is 6.04 Å². The van der Waals surface area contributed by atoms with Crippen LogP contribution in [0, 0.1) is 11.8 Å². The van der Waals surface area contributed by atoms with Crippen LogP contribution in [0.1, 0.15) is 53.4 Å². The van der Waals surface area contributed by atoms with Crippen LogP contribution in [0.2, 0.25) is 0 Å². The summed E-state index contributed by atoms with van der Waals surface area (Å²) in [5.41, 5.74) is 0. The molecule has 1 atom stereocenters. The van der Waals surface area contributed by atoms with E-state index in [4.69, 9.17) is 4.74 Å². The Morgan fingerprint density at radius 1 is 1.20 bits per heavy atom. The van der Waals surface area contributed by atoms with Crippen LogP contribution in [-0.4, -0.2) is 30.7 Å². The number of hydrogen-bond acceptors (Lipinski definition) is 3. The van der Waals surface area contributed by atoms with Gasteiger partial charge in [-0.25, -0.2) is 4.79 Å². The lowest BCUT2D eigenvalue weighted by Crippen LogP contribution is -2.52. The number of ether oxygens (including phenoxy) is 1. The minimum atomic E-state index is -0.534. The second-order valence-corrected chi connectivity index (χ2v) is 6.05. The summed E-state index contributed by atoms with van der Waals surface area (Å²) in [7, 11) is 0. The van der Waals surface area contributed by atoms with E-state index in [0.717, 1.165) is 31.6 Å². The van der Waals surface area contributed by atoms with E-state index < -0.39 is 12.1 Å². The molecule has 20 heavy (non-hydrogen) atoms. The van der Waals surface area contributed by atoms with Crippen molar-refractivity contribution in [2.45, 2.75) is 65.5 Å². The molecular weight excluding hydrogens is 256 g/mol. The standard InChI is InChI=1S/C15H28N2O3/c1-5-20-15(19)17-13(10(2)3)14(18)16-12-8-6-11(4)7-9-12/h10-13H,5-9H2,1-4H3,(H,16,18)(H,17,19)/t11?,12?,13-/m1/s1. The van der Waals surface area contributed by atoms with Crippen LogP contribution in [0.5, 0.6) is 0 Å². The van der Waals surface area contributed by atoms with Crippen molar-refractivity contribution in [2.75, 3.05) is 6.61 Å². The van der Waals surface area contributed by atoms with E-state index in [1.807, 2.05) is 13.8 Å². The van der Waals surface area contributed by atoms with Gasteiger partial charge in [-0.3, -0.25) is 4.79 Å². The van der Waals surface area contributed by atoms with Crippen molar-refractivity contribution in [2.24, 2.45) is 11.8 Å². The first-order valence-electron chi connectivity index (χ1n) is 7.67. The quantitative estimate of drug-likeness (QED) is 0.815. The molecule has 0 aromatic heterocycles. The molecule has 0 aromatic rings. The Balaban J connectivity index is 2.49. The zero-order valence-electron chi connectivity index (χ0n) is 13.1. The fourth-order valence-electron chi connectivity index (χ4n) is 2.53. The summed E-state index contributed by atoms with van der Waals surface area (Å²) in [6.07, 6.45) is 3.83. The molecule has 1 aliphatic carbocycles. The van der Waals surface area contributed by atoms with E-state index in [2.05, 4.69) is 17.6 Å². The molecule has 2 N–H and O–H groups in total. The molecule has 2 amide bonds. The zero-order valence-corrected chi connectivity index (χ0v) is 13.1. The number of nitrogens with one attached hydrogen (secondary N) is 2. The van der Waals surface area contributed by atoms with Crippen molar-refractivity contribution in [3.05, 3.63) is 0 Å². The normalized spacial score (nSPS) is 24.1.